The molecular formula is C10H22N2S. The zero-order valence-electron chi connectivity index (χ0n) is 9.05. The second-order valence-electron chi connectivity index (χ2n) is 4.10. The lowest BCUT2D eigenvalue weighted by atomic mass is 10.0. The van der Waals surface area contributed by atoms with Gasteiger partial charge in [0.1, 0.15) is 0 Å². The fraction of sp³-hybridized carbons (Fsp3) is 1.00. The summed E-state index contributed by atoms with van der Waals surface area (Å²) in [6.07, 6.45) is 2.18. The van der Waals surface area contributed by atoms with E-state index in [0.717, 1.165) is 12.5 Å². The van der Waals surface area contributed by atoms with E-state index < -0.39 is 0 Å². The molecule has 2 nitrogen and oxygen atoms in total. The van der Waals surface area contributed by atoms with Gasteiger partial charge in [0.2, 0.25) is 0 Å². The summed E-state index contributed by atoms with van der Waals surface area (Å²) in [6.45, 7) is 9.48. The first kappa shape index (κ1) is 11.3. The lowest BCUT2D eigenvalue weighted by molar-refractivity contribution is 0.184. The van der Waals surface area contributed by atoms with Crippen LogP contribution in [-0.4, -0.2) is 49.1 Å². The summed E-state index contributed by atoms with van der Waals surface area (Å²) in [7, 11) is 0. The van der Waals surface area contributed by atoms with Gasteiger partial charge >= 0.3 is 0 Å². The molecule has 78 valence electrons. The molecule has 0 aliphatic carbocycles. The smallest absolute Gasteiger partial charge is 0.0218 e. The summed E-state index contributed by atoms with van der Waals surface area (Å²) in [5, 5.41) is 3.58. The number of hydrogen-bond acceptors (Lipinski definition) is 3. The Morgan fingerprint density at radius 3 is 2.92 bits per heavy atom. The highest BCUT2D eigenvalue weighted by Crippen LogP contribution is 2.08. The Labute approximate surface area is 86.5 Å². The molecule has 3 heteroatoms. The van der Waals surface area contributed by atoms with E-state index in [4.69, 9.17) is 0 Å². The molecule has 1 saturated heterocycles. The van der Waals surface area contributed by atoms with Crippen LogP contribution in [0.25, 0.3) is 0 Å². The van der Waals surface area contributed by atoms with E-state index in [1.807, 2.05) is 11.8 Å². The van der Waals surface area contributed by atoms with Crippen LogP contribution in [0.4, 0.5) is 0 Å². The summed E-state index contributed by atoms with van der Waals surface area (Å²) in [5.74, 6) is 2.03. The largest absolute Gasteiger partial charge is 0.311 e. The molecule has 1 aliphatic heterocycles. The molecule has 0 bridgehead atoms. The zero-order chi connectivity index (χ0) is 9.68. The minimum atomic E-state index is 0.704. The Bertz CT molecular complexity index is 139. The minimum Gasteiger partial charge on any atom is -0.311 e. The summed E-state index contributed by atoms with van der Waals surface area (Å²) in [5.41, 5.74) is 0. The molecular weight excluding hydrogens is 180 g/mol. The van der Waals surface area contributed by atoms with Crippen molar-refractivity contribution in [3.63, 3.8) is 0 Å². The number of nitrogens with zero attached hydrogens (tertiary/aromatic N) is 1. The molecule has 0 spiro atoms. The second kappa shape index (κ2) is 5.89. The molecule has 0 radical (unpaired) electrons. The van der Waals surface area contributed by atoms with Crippen molar-refractivity contribution >= 4 is 11.8 Å². The standard InChI is InChI=1S/C10H22N2S/c1-9(2)10-8-12(5-4-11-10)6-7-13-3/h9-11H,4-8H2,1-3H3. The Hall–Kier alpha value is 0.270. The SMILES string of the molecule is CSCCN1CCNC(C(C)C)C1. The molecule has 13 heavy (non-hydrogen) atoms. The third kappa shape index (κ3) is 3.88. The molecule has 1 heterocycles. The highest BCUT2D eigenvalue weighted by Gasteiger charge is 2.20. The molecule has 0 aromatic carbocycles. The molecule has 0 amide bonds. The van der Waals surface area contributed by atoms with Gasteiger partial charge in [-0.15, -0.1) is 0 Å². The maximum atomic E-state index is 3.58. The third-order valence-electron chi connectivity index (χ3n) is 2.71. The van der Waals surface area contributed by atoms with E-state index in [0.29, 0.717) is 6.04 Å². The molecule has 0 aromatic rings. The van der Waals surface area contributed by atoms with Crippen molar-refractivity contribution in [1.82, 2.24) is 10.2 Å². The normalized spacial score (nSPS) is 25.4. The van der Waals surface area contributed by atoms with Crippen LogP contribution in [0.15, 0.2) is 0 Å². The first-order valence-electron chi connectivity index (χ1n) is 5.18. The Balaban J connectivity index is 2.25. The van der Waals surface area contributed by atoms with E-state index in [9.17, 15) is 0 Å². The van der Waals surface area contributed by atoms with Gasteiger partial charge in [0.15, 0.2) is 0 Å². The number of nitrogens with one attached hydrogen (secondary N) is 1. The van der Waals surface area contributed by atoms with E-state index in [1.165, 1.54) is 25.4 Å². The predicted molar refractivity (Wildman–Crippen MR) is 61.5 cm³/mol. The lowest BCUT2D eigenvalue weighted by Crippen LogP contribution is -2.53. The summed E-state index contributed by atoms with van der Waals surface area (Å²) >= 11 is 1.94. The Morgan fingerprint density at radius 2 is 2.31 bits per heavy atom. The molecule has 1 fully saturated rings. The van der Waals surface area contributed by atoms with Crippen molar-refractivity contribution in [3.05, 3.63) is 0 Å². The Morgan fingerprint density at radius 1 is 1.54 bits per heavy atom. The van der Waals surface area contributed by atoms with Gasteiger partial charge in [0.25, 0.3) is 0 Å². The first-order chi connectivity index (χ1) is 6.24. The average molecular weight is 202 g/mol. The van der Waals surface area contributed by atoms with Crippen LogP contribution >= 0.6 is 11.8 Å². The summed E-state index contributed by atoms with van der Waals surface area (Å²) < 4.78 is 0. The third-order valence-corrected chi connectivity index (χ3v) is 3.30. The number of rotatable bonds is 4. The van der Waals surface area contributed by atoms with Crippen molar-refractivity contribution < 1.29 is 0 Å². The van der Waals surface area contributed by atoms with Crippen LogP contribution in [0.5, 0.6) is 0 Å². The highest BCUT2D eigenvalue weighted by atomic mass is 32.2. The van der Waals surface area contributed by atoms with Crippen molar-refractivity contribution in [2.75, 3.05) is 38.2 Å². The number of thioether (sulfide) groups is 1. The Kier molecular flexibility index (Phi) is 5.14. The topological polar surface area (TPSA) is 15.3 Å². The molecule has 0 saturated carbocycles. The summed E-state index contributed by atoms with van der Waals surface area (Å²) in [4.78, 5) is 2.58. The van der Waals surface area contributed by atoms with Crippen molar-refractivity contribution in [3.8, 4) is 0 Å². The van der Waals surface area contributed by atoms with Gasteiger partial charge in [-0.3, -0.25) is 4.90 Å². The van der Waals surface area contributed by atoms with Crippen molar-refractivity contribution in [2.24, 2.45) is 5.92 Å². The quantitative estimate of drug-likeness (QED) is 0.739. The number of piperazine rings is 1. The van der Waals surface area contributed by atoms with Crippen LogP contribution in [0.2, 0.25) is 0 Å². The maximum Gasteiger partial charge on any atom is 0.0218 e. The van der Waals surface area contributed by atoms with Crippen LogP contribution in [0, 0.1) is 5.92 Å². The molecule has 1 rings (SSSR count). The highest BCUT2D eigenvalue weighted by molar-refractivity contribution is 7.98. The first-order valence-corrected chi connectivity index (χ1v) is 6.58. The zero-order valence-corrected chi connectivity index (χ0v) is 9.86. The van der Waals surface area contributed by atoms with E-state index >= 15 is 0 Å². The molecule has 1 aliphatic rings. The second-order valence-corrected chi connectivity index (χ2v) is 5.08. The van der Waals surface area contributed by atoms with E-state index in [2.05, 4.69) is 30.3 Å². The van der Waals surface area contributed by atoms with E-state index in [1.54, 1.807) is 0 Å². The van der Waals surface area contributed by atoms with Crippen molar-refractivity contribution in [1.29, 1.82) is 0 Å². The van der Waals surface area contributed by atoms with Gasteiger partial charge in [-0.2, -0.15) is 11.8 Å². The van der Waals surface area contributed by atoms with Gasteiger partial charge < -0.3 is 5.32 Å². The fourth-order valence-corrected chi connectivity index (χ4v) is 2.15. The molecule has 1 atom stereocenters. The van der Waals surface area contributed by atoms with Gasteiger partial charge in [0, 0.05) is 38.0 Å². The predicted octanol–water partition coefficient (Wildman–Crippen LogP) is 1.28. The van der Waals surface area contributed by atoms with Crippen molar-refractivity contribution in [2.45, 2.75) is 19.9 Å². The van der Waals surface area contributed by atoms with E-state index in [-0.39, 0.29) is 0 Å². The summed E-state index contributed by atoms with van der Waals surface area (Å²) in [6, 6.07) is 0.704. The van der Waals surface area contributed by atoms with Crippen LogP contribution in [0.1, 0.15) is 13.8 Å². The van der Waals surface area contributed by atoms with Crippen LogP contribution in [0.3, 0.4) is 0 Å². The van der Waals surface area contributed by atoms with Gasteiger partial charge in [-0.05, 0) is 12.2 Å². The fourth-order valence-electron chi connectivity index (χ4n) is 1.71. The average Bonchev–Trinajstić information content (AvgIpc) is 2.15. The monoisotopic (exact) mass is 202 g/mol. The molecule has 0 aromatic heterocycles. The minimum absolute atomic E-state index is 0.704. The van der Waals surface area contributed by atoms with Crippen LogP contribution in [-0.2, 0) is 0 Å². The molecule has 1 N–H and O–H groups in total. The number of hydrogen-bond donors (Lipinski definition) is 1. The van der Waals surface area contributed by atoms with Gasteiger partial charge in [0.05, 0.1) is 0 Å². The maximum absolute atomic E-state index is 3.58. The lowest BCUT2D eigenvalue weighted by Gasteiger charge is -2.35. The molecule has 1 unspecified atom stereocenters. The van der Waals surface area contributed by atoms with Gasteiger partial charge in [-0.1, -0.05) is 13.8 Å². The van der Waals surface area contributed by atoms with Gasteiger partial charge in [-0.25, -0.2) is 0 Å². The van der Waals surface area contributed by atoms with Crippen LogP contribution < -0.4 is 5.32 Å².